The lowest BCUT2D eigenvalue weighted by Crippen LogP contribution is -2.26. The second-order valence-corrected chi connectivity index (χ2v) is 4.23. The summed E-state index contributed by atoms with van der Waals surface area (Å²) in [5.41, 5.74) is 1.31. The first-order chi connectivity index (χ1) is 6.36. The van der Waals surface area contributed by atoms with Gasteiger partial charge in [0.2, 0.25) is 0 Å². The number of halogens is 2. The fraction of sp³-hybridized carbons (Fsp3) is 0.500. The van der Waals surface area contributed by atoms with Crippen LogP contribution >= 0.6 is 28.3 Å². The van der Waals surface area contributed by atoms with Gasteiger partial charge in [0.25, 0.3) is 0 Å². The third-order valence-electron chi connectivity index (χ3n) is 2.46. The highest BCUT2D eigenvalue weighted by molar-refractivity contribution is 9.10. The van der Waals surface area contributed by atoms with Gasteiger partial charge in [0.05, 0.1) is 0 Å². The van der Waals surface area contributed by atoms with Gasteiger partial charge >= 0.3 is 0 Å². The minimum Gasteiger partial charge on any atom is -0.310 e. The van der Waals surface area contributed by atoms with Crippen LogP contribution in [0.15, 0.2) is 22.9 Å². The van der Waals surface area contributed by atoms with Crippen LogP contribution in [0.3, 0.4) is 0 Å². The monoisotopic (exact) mass is 276 g/mol. The minimum absolute atomic E-state index is 0. The van der Waals surface area contributed by atoms with Crippen molar-refractivity contribution in [1.82, 2.24) is 10.3 Å². The Morgan fingerprint density at radius 1 is 1.36 bits per heavy atom. The summed E-state index contributed by atoms with van der Waals surface area (Å²) in [6, 6.07) is 4.67. The molecule has 1 aromatic heterocycles. The average molecular weight is 278 g/mol. The number of rotatable bonds is 1. The van der Waals surface area contributed by atoms with Crippen LogP contribution in [0.4, 0.5) is 0 Å². The summed E-state index contributed by atoms with van der Waals surface area (Å²) in [6.07, 6.45) is 5.82. The highest BCUT2D eigenvalue weighted by Crippen LogP contribution is 2.22. The zero-order valence-electron chi connectivity index (χ0n) is 7.87. The Bertz CT molecular complexity index is 270. The number of piperidine rings is 1. The molecule has 1 N–H and O–H groups in total. The van der Waals surface area contributed by atoms with Crippen molar-refractivity contribution in [2.45, 2.75) is 25.3 Å². The molecule has 1 saturated heterocycles. The Hall–Kier alpha value is -0.120. The quantitative estimate of drug-likeness (QED) is 0.798. The van der Waals surface area contributed by atoms with Gasteiger partial charge in [-0.25, -0.2) is 4.98 Å². The maximum absolute atomic E-state index is 4.23. The summed E-state index contributed by atoms with van der Waals surface area (Å²) in [5.74, 6) is 0. The van der Waals surface area contributed by atoms with Crippen molar-refractivity contribution in [1.29, 1.82) is 0 Å². The first-order valence-corrected chi connectivity index (χ1v) is 5.50. The number of hydrogen-bond donors (Lipinski definition) is 1. The van der Waals surface area contributed by atoms with Gasteiger partial charge in [-0.2, -0.15) is 0 Å². The van der Waals surface area contributed by atoms with Crippen molar-refractivity contribution in [2.24, 2.45) is 0 Å². The fourth-order valence-corrected chi connectivity index (χ4v) is 1.96. The topological polar surface area (TPSA) is 24.9 Å². The van der Waals surface area contributed by atoms with Crippen molar-refractivity contribution in [2.75, 3.05) is 6.54 Å². The molecule has 0 saturated carbocycles. The normalized spacial score (nSPS) is 21.4. The van der Waals surface area contributed by atoms with E-state index in [1.165, 1.54) is 24.8 Å². The van der Waals surface area contributed by atoms with E-state index in [2.05, 4.69) is 32.3 Å². The van der Waals surface area contributed by atoms with Gasteiger partial charge in [0.15, 0.2) is 0 Å². The van der Waals surface area contributed by atoms with E-state index in [0.717, 1.165) is 11.1 Å². The summed E-state index contributed by atoms with van der Waals surface area (Å²) in [4.78, 5) is 4.23. The molecule has 78 valence electrons. The zero-order chi connectivity index (χ0) is 9.10. The van der Waals surface area contributed by atoms with Gasteiger partial charge in [-0.05, 0) is 46.9 Å². The molecule has 0 amide bonds. The van der Waals surface area contributed by atoms with Crippen LogP contribution in [0.1, 0.15) is 30.9 Å². The van der Waals surface area contributed by atoms with Crippen molar-refractivity contribution < 1.29 is 0 Å². The zero-order valence-corrected chi connectivity index (χ0v) is 10.3. The molecule has 0 unspecified atom stereocenters. The Morgan fingerprint density at radius 3 is 2.79 bits per heavy atom. The van der Waals surface area contributed by atoms with Crippen LogP contribution in [0.5, 0.6) is 0 Å². The molecule has 1 atom stereocenters. The van der Waals surface area contributed by atoms with Gasteiger partial charge in [-0.15, -0.1) is 12.4 Å². The van der Waals surface area contributed by atoms with Crippen LogP contribution in [0.2, 0.25) is 0 Å². The molecule has 1 fully saturated rings. The summed E-state index contributed by atoms with van der Waals surface area (Å²) < 4.78 is 0.909. The first kappa shape index (κ1) is 12.0. The highest BCUT2D eigenvalue weighted by Gasteiger charge is 2.14. The van der Waals surface area contributed by atoms with Crippen molar-refractivity contribution in [3.05, 3.63) is 28.5 Å². The highest BCUT2D eigenvalue weighted by atomic mass is 79.9. The SMILES string of the molecule is Brc1ccc([C@@H]2CCCCN2)cn1.Cl. The number of nitrogens with one attached hydrogen (secondary N) is 1. The fourth-order valence-electron chi connectivity index (χ4n) is 1.73. The molecule has 1 aliphatic heterocycles. The molecule has 0 bridgehead atoms. The lowest BCUT2D eigenvalue weighted by atomic mass is 9.99. The van der Waals surface area contributed by atoms with E-state index in [0.29, 0.717) is 6.04 Å². The van der Waals surface area contributed by atoms with Crippen LogP contribution < -0.4 is 5.32 Å². The first-order valence-electron chi connectivity index (χ1n) is 4.71. The van der Waals surface area contributed by atoms with E-state index < -0.39 is 0 Å². The van der Waals surface area contributed by atoms with Gasteiger partial charge < -0.3 is 5.32 Å². The number of aromatic nitrogens is 1. The Balaban J connectivity index is 0.000000980. The van der Waals surface area contributed by atoms with Crippen molar-refractivity contribution in [3.8, 4) is 0 Å². The summed E-state index contributed by atoms with van der Waals surface area (Å²) in [5, 5.41) is 3.50. The van der Waals surface area contributed by atoms with Crippen molar-refractivity contribution >= 4 is 28.3 Å². The van der Waals surface area contributed by atoms with Crippen LogP contribution in [-0.4, -0.2) is 11.5 Å². The molecule has 14 heavy (non-hydrogen) atoms. The third-order valence-corrected chi connectivity index (χ3v) is 2.93. The summed E-state index contributed by atoms with van der Waals surface area (Å²) in [7, 11) is 0. The molecule has 4 heteroatoms. The van der Waals surface area contributed by atoms with Gasteiger partial charge in [0.1, 0.15) is 4.60 Å². The Kier molecular flexibility index (Phi) is 4.85. The third kappa shape index (κ3) is 2.94. The molecular formula is C10H14BrClN2. The van der Waals surface area contributed by atoms with E-state index in [-0.39, 0.29) is 12.4 Å². The average Bonchev–Trinajstić information content (AvgIpc) is 2.20. The molecule has 2 heterocycles. The predicted molar refractivity (Wildman–Crippen MR) is 63.8 cm³/mol. The minimum atomic E-state index is 0. The number of hydrogen-bond acceptors (Lipinski definition) is 2. The summed E-state index contributed by atoms with van der Waals surface area (Å²) >= 11 is 3.34. The largest absolute Gasteiger partial charge is 0.310 e. The van der Waals surface area contributed by atoms with Crippen LogP contribution in [0, 0.1) is 0 Å². The second-order valence-electron chi connectivity index (χ2n) is 3.42. The lowest BCUT2D eigenvalue weighted by Gasteiger charge is -2.23. The van der Waals surface area contributed by atoms with Crippen molar-refractivity contribution in [3.63, 3.8) is 0 Å². The Morgan fingerprint density at radius 2 is 2.21 bits per heavy atom. The molecule has 2 nitrogen and oxygen atoms in total. The van der Waals surface area contributed by atoms with Crippen LogP contribution in [-0.2, 0) is 0 Å². The number of pyridine rings is 1. The maximum atomic E-state index is 4.23. The second kappa shape index (κ2) is 5.69. The molecule has 1 aromatic rings. The van der Waals surface area contributed by atoms with Crippen LogP contribution in [0.25, 0.3) is 0 Å². The predicted octanol–water partition coefficient (Wildman–Crippen LogP) is 3.08. The molecule has 0 aromatic carbocycles. The molecule has 2 rings (SSSR count). The maximum Gasteiger partial charge on any atom is 0.106 e. The van der Waals surface area contributed by atoms with E-state index in [1.807, 2.05) is 12.3 Å². The standard InChI is InChI=1S/C10H13BrN2.ClH/c11-10-5-4-8(7-13-10)9-3-1-2-6-12-9;/h4-5,7,9,12H,1-3,6H2;1H/t9-;/m0./s1. The lowest BCUT2D eigenvalue weighted by molar-refractivity contribution is 0.411. The molecule has 0 spiro atoms. The smallest absolute Gasteiger partial charge is 0.106 e. The van der Waals surface area contributed by atoms with E-state index in [1.54, 1.807) is 0 Å². The van der Waals surface area contributed by atoms with Gasteiger partial charge in [-0.1, -0.05) is 12.5 Å². The van der Waals surface area contributed by atoms with E-state index >= 15 is 0 Å². The molecule has 0 radical (unpaired) electrons. The molecular weight excluding hydrogens is 263 g/mol. The molecule has 1 aliphatic rings. The van der Waals surface area contributed by atoms with E-state index in [4.69, 9.17) is 0 Å². The van der Waals surface area contributed by atoms with E-state index in [9.17, 15) is 0 Å². The molecule has 0 aliphatic carbocycles. The van der Waals surface area contributed by atoms with Gasteiger partial charge in [-0.3, -0.25) is 0 Å². The Labute approximate surface area is 99.0 Å². The van der Waals surface area contributed by atoms with Gasteiger partial charge in [0, 0.05) is 12.2 Å². The number of nitrogens with zero attached hydrogens (tertiary/aromatic N) is 1. The summed E-state index contributed by atoms with van der Waals surface area (Å²) in [6.45, 7) is 1.14.